The lowest BCUT2D eigenvalue weighted by molar-refractivity contribution is 0.0707. The molecule has 1 fully saturated rings. The van der Waals surface area contributed by atoms with Crippen LogP contribution in [0.5, 0.6) is 0 Å². The number of benzene rings is 1. The Morgan fingerprint density at radius 1 is 1.16 bits per heavy atom. The van der Waals surface area contributed by atoms with Gasteiger partial charge in [0.05, 0.1) is 0 Å². The second-order valence-corrected chi connectivity index (χ2v) is 10.1. The van der Waals surface area contributed by atoms with E-state index in [4.69, 9.17) is 17.0 Å². The van der Waals surface area contributed by atoms with Gasteiger partial charge in [-0.15, -0.1) is 0 Å². The van der Waals surface area contributed by atoms with E-state index in [1.165, 1.54) is 0 Å². The minimum absolute atomic E-state index is 0.146. The molecule has 0 spiro atoms. The summed E-state index contributed by atoms with van der Waals surface area (Å²) in [5.74, 6) is -0.206. The van der Waals surface area contributed by atoms with Crippen LogP contribution in [0.3, 0.4) is 0 Å². The van der Waals surface area contributed by atoms with Crippen LogP contribution in [-0.2, 0) is 17.7 Å². The smallest absolute Gasteiger partial charge is 0.253 e. The first-order chi connectivity index (χ1) is 17.9. The van der Waals surface area contributed by atoms with E-state index in [1.54, 1.807) is 0 Å². The summed E-state index contributed by atoms with van der Waals surface area (Å²) in [4.78, 5) is 32.3. The highest BCUT2D eigenvalue weighted by Crippen LogP contribution is 2.33. The number of aromatic nitrogens is 3. The Morgan fingerprint density at radius 2 is 1.97 bits per heavy atom. The maximum atomic E-state index is 13.6. The zero-order chi connectivity index (χ0) is 25.9. The number of nitrogens with zero attached hydrogens (tertiary/aromatic N) is 1. The third kappa shape index (κ3) is 5.31. The van der Waals surface area contributed by atoms with Crippen molar-refractivity contribution < 1.29 is 9.53 Å². The zero-order valence-electron chi connectivity index (χ0n) is 21.2. The first kappa shape index (κ1) is 25.2. The summed E-state index contributed by atoms with van der Waals surface area (Å²) in [5.41, 5.74) is 5.75. The van der Waals surface area contributed by atoms with Crippen LogP contribution in [0.4, 0.5) is 0 Å². The molecule has 5 rings (SSSR count). The highest BCUT2D eigenvalue weighted by atomic mass is 32.1. The molecule has 0 unspecified atom stereocenters. The van der Waals surface area contributed by atoms with Gasteiger partial charge in [0.2, 0.25) is 0 Å². The molecule has 1 amide bonds. The largest absolute Gasteiger partial charge is 0.381 e. The van der Waals surface area contributed by atoms with Crippen LogP contribution in [0, 0.1) is 11.6 Å². The van der Waals surface area contributed by atoms with Crippen molar-refractivity contribution in [1.82, 2.24) is 19.9 Å². The van der Waals surface area contributed by atoms with E-state index in [9.17, 15) is 9.59 Å². The van der Waals surface area contributed by atoms with E-state index in [0.29, 0.717) is 21.8 Å². The topological polar surface area (TPSA) is 91.9 Å². The second kappa shape index (κ2) is 10.9. The summed E-state index contributed by atoms with van der Waals surface area (Å²) < 4.78 is 8.50. The third-order valence-corrected chi connectivity index (χ3v) is 7.35. The molecule has 1 aliphatic heterocycles. The molecule has 0 saturated carbocycles. The minimum Gasteiger partial charge on any atom is -0.381 e. The Kier molecular flexibility index (Phi) is 7.39. The molecule has 4 heterocycles. The van der Waals surface area contributed by atoms with E-state index >= 15 is 0 Å². The van der Waals surface area contributed by atoms with Crippen molar-refractivity contribution in [2.24, 2.45) is 0 Å². The summed E-state index contributed by atoms with van der Waals surface area (Å²) in [6, 6.07) is 12.2. The molecule has 192 valence electrons. The molecule has 3 aromatic heterocycles. The number of pyridine rings is 2. The van der Waals surface area contributed by atoms with Crippen LogP contribution in [0.2, 0.25) is 0 Å². The summed E-state index contributed by atoms with van der Waals surface area (Å²) in [7, 11) is 0. The fourth-order valence-corrected chi connectivity index (χ4v) is 5.35. The Morgan fingerprint density at radius 3 is 2.70 bits per heavy atom. The molecule has 0 radical (unpaired) electrons. The number of nitrogens with one attached hydrogen (secondary N) is 3. The number of ether oxygens (including phenoxy) is 1. The lowest BCUT2D eigenvalue weighted by Crippen LogP contribution is -2.28. The van der Waals surface area contributed by atoms with E-state index in [2.05, 4.69) is 39.0 Å². The predicted octanol–water partition coefficient (Wildman–Crippen LogP) is 5.60. The first-order valence-corrected chi connectivity index (χ1v) is 13.3. The summed E-state index contributed by atoms with van der Waals surface area (Å²) >= 11 is 5.22. The Balaban J connectivity index is 1.54. The molecule has 1 saturated heterocycles. The molecule has 0 atom stereocenters. The molecule has 0 aliphatic carbocycles. The van der Waals surface area contributed by atoms with Gasteiger partial charge in [-0.2, -0.15) is 0 Å². The van der Waals surface area contributed by atoms with Crippen molar-refractivity contribution in [1.29, 1.82) is 0 Å². The molecule has 4 aromatic rings. The van der Waals surface area contributed by atoms with Gasteiger partial charge in [0.1, 0.15) is 4.64 Å². The number of hydrogen-bond donors (Lipinski definition) is 3. The Bertz CT molecular complexity index is 1540. The maximum absolute atomic E-state index is 13.6. The number of H-pyrrole nitrogens is 2. The quantitative estimate of drug-likeness (QED) is 0.279. The van der Waals surface area contributed by atoms with Crippen molar-refractivity contribution in [3.63, 3.8) is 0 Å². The van der Waals surface area contributed by atoms with Crippen LogP contribution in [0.25, 0.3) is 22.0 Å². The molecular formula is C29H32N4O3S. The number of amides is 1. The molecule has 37 heavy (non-hydrogen) atoms. The molecule has 1 aromatic carbocycles. The van der Waals surface area contributed by atoms with Crippen molar-refractivity contribution in [2.45, 2.75) is 52.1 Å². The number of carbonyl (C=O) groups is 1. The number of aromatic amines is 2. The molecule has 7 nitrogen and oxygen atoms in total. The van der Waals surface area contributed by atoms with Gasteiger partial charge < -0.3 is 24.6 Å². The zero-order valence-corrected chi connectivity index (χ0v) is 22.0. The molecule has 8 heteroatoms. The van der Waals surface area contributed by atoms with Gasteiger partial charge in [-0.25, -0.2) is 0 Å². The SMILES string of the molecule is CCCc1cc(C)[nH]c(=O)c1CNC(=O)c1cc(-c2ccc(=S)[nH]c2)cc2c1ccn2C1CCOCC1. The van der Waals surface area contributed by atoms with E-state index in [-0.39, 0.29) is 18.0 Å². The van der Waals surface area contributed by atoms with Crippen LogP contribution in [0.1, 0.15) is 59.4 Å². The van der Waals surface area contributed by atoms with Crippen LogP contribution < -0.4 is 10.9 Å². The number of carbonyl (C=O) groups excluding carboxylic acids is 1. The van der Waals surface area contributed by atoms with E-state index in [0.717, 1.165) is 72.2 Å². The molecule has 1 aliphatic rings. The average Bonchev–Trinajstić information content (AvgIpc) is 3.32. The van der Waals surface area contributed by atoms with E-state index in [1.807, 2.05) is 43.5 Å². The Hall–Kier alpha value is -3.49. The highest BCUT2D eigenvalue weighted by molar-refractivity contribution is 7.71. The lowest BCUT2D eigenvalue weighted by Gasteiger charge is -2.25. The third-order valence-electron chi connectivity index (χ3n) is 7.09. The monoisotopic (exact) mass is 516 g/mol. The van der Waals surface area contributed by atoms with Gasteiger partial charge in [0, 0.05) is 65.9 Å². The minimum atomic E-state index is -0.206. The standard InChI is InChI=1S/C29H32N4O3S/c1-3-4-19-13-18(2)32-29(35)25(19)17-31-28(34)24-14-21(20-5-6-27(37)30-16-20)15-26-23(24)7-10-33(26)22-8-11-36-12-9-22/h5-7,10,13-16,22H,3-4,8-9,11-12,17H2,1-2H3,(H,30,37)(H,31,34)(H,32,35). The molecule has 0 bridgehead atoms. The highest BCUT2D eigenvalue weighted by Gasteiger charge is 2.21. The fraction of sp³-hybridized carbons (Fsp3) is 0.345. The van der Waals surface area contributed by atoms with Crippen molar-refractivity contribution in [3.05, 3.63) is 86.2 Å². The lowest BCUT2D eigenvalue weighted by atomic mass is 10.00. The number of aryl methyl sites for hydroxylation is 2. The predicted molar refractivity (Wildman–Crippen MR) is 149 cm³/mol. The molecular weight excluding hydrogens is 484 g/mol. The first-order valence-electron chi connectivity index (χ1n) is 12.9. The normalized spacial score (nSPS) is 14.2. The summed E-state index contributed by atoms with van der Waals surface area (Å²) in [5, 5.41) is 3.92. The van der Waals surface area contributed by atoms with Crippen LogP contribution in [-0.4, -0.2) is 33.7 Å². The number of fused-ring (bicyclic) bond motifs is 1. The number of hydrogen-bond acceptors (Lipinski definition) is 4. The Labute approximate surface area is 220 Å². The van der Waals surface area contributed by atoms with Gasteiger partial charge in [-0.1, -0.05) is 25.6 Å². The maximum Gasteiger partial charge on any atom is 0.253 e. The average molecular weight is 517 g/mol. The van der Waals surface area contributed by atoms with Gasteiger partial charge in [0.25, 0.3) is 11.5 Å². The second-order valence-electron chi connectivity index (χ2n) is 9.68. The van der Waals surface area contributed by atoms with Crippen LogP contribution in [0.15, 0.2) is 53.6 Å². The van der Waals surface area contributed by atoms with Gasteiger partial charge in [-0.05, 0) is 79.3 Å². The van der Waals surface area contributed by atoms with Crippen molar-refractivity contribution in [2.75, 3.05) is 13.2 Å². The van der Waals surface area contributed by atoms with E-state index < -0.39 is 0 Å². The van der Waals surface area contributed by atoms with Crippen molar-refractivity contribution in [3.8, 4) is 11.1 Å². The van der Waals surface area contributed by atoms with Crippen LogP contribution >= 0.6 is 12.2 Å². The summed E-state index contributed by atoms with van der Waals surface area (Å²) in [6.07, 6.45) is 7.53. The fourth-order valence-electron chi connectivity index (χ4n) is 5.22. The van der Waals surface area contributed by atoms with Crippen molar-refractivity contribution >= 4 is 29.0 Å². The molecule has 3 N–H and O–H groups in total. The van der Waals surface area contributed by atoms with Gasteiger partial charge >= 0.3 is 0 Å². The van der Waals surface area contributed by atoms with Gasteiger partial charge in [0.15, 0.2) is 0 Å². The summed E-state index contributed by atoms with van der Waals surface area (Å²) in [6.45, 7) is 5.61. The van der Waals surface area contributed by atoms with Gasteiger partial charge in [-0.3, -0.25) is 9.59 Å². The number of rotatable bonds is 7.